The van der Waals surface area contributed by atoms with Crippen molar-refractivity contribution in [1.29, 1.82) is 0 Å². The molecule has 5 heteroatoms. The van der Waals surface area contributed by atoms with E-state index < -0.39 is 5.82 Å². The van der Waals surface area contributed by atoms with Crippen LogP contribution in [0.3, 0.4) is 0 Å². The summed E-state index contributed by atoms with van der Waals surface area (Å²) < 4.78 is 14.4. The van der Waals surface area contributed by atoms with E-state index in [2.05, 4.69) is 26.6 Å². The first-order valence-electron chi connectivity index (χ1n) is 6.77. The Bertz CT molecular complexity index is 703. The van der Waals surface area contributed by atoms with Crippen molar-refractivity contribution in [1.82, 2.24) is 0 Å². The van der Waals surface area contributed by atoms with Crippen LogP contribution < -0.4 is 10.6 Å². The van der Waals surface area contributed by atoms with E-state index in [1.54, 1.807) is 18.2 Å². The van der Waals surface area contributed by atoms with Gasteiger partial charge in [0.25, 0.3) is 5.91 Å². The van der Waals surface area contributed by atoms with Crippen LogP contribution in [0.1, 0.15) is 22.3 Å². The highest BCUT2D eigenvalue weighted by molar-refractivity contribution is 9.10. The van der Waals surface area contributed by atoms with Crippen molar-refractivity contribution in [3.8, 4) is 0 Å². The number of amides is 1. The number of carbonyl (C=O) groups excluding carboxylic acids is 1. The molecule has 0 bridgehead atoms. The summed E-state index contributed by atoms with van der Waals surface area (Å²) in [5.74, 6) is -0.758. The highest BCUT2D eigenvalue weighted by Crippen LogP contribution is 2.24. The van der Waals surface area contributed by atoms with Crippen molar-refractivity contribution < 1.29 is 9.18 Å². The third-order valence-corrected chi connectivity index (χ3v) is 3.98. The molecule has 0 radical (unpaired) electrons. The Morgan fingerprint density at radius 3 is 2.95 bits per heavy atom. The van der Waals surface area contributed by atoms with E-state index in [4.69, 9.17) is 0 Å². The number of aryl methyl sites for hydroxylation is 1. The van der Waals surface area contributed by atoms with E-state index in [1.165, 1.54) is 6.07 Å². The molecule has 108 valence electrons. The van der Waals surface area contributed by atoms with Crippen molar-refractivity contribution in [2.24, 2.45) is 0 Å². The molecule has 0 saturated heterocycles. The molecule has 1 aliphatic rings. The van der Waals surface area contributed by atoms with Gasteiger partial charge in [0, 0.05) is 22.3 Å². The molecule has 2 aromatic rings. The second-order valence-corrected chi connectivity index (χ2v) is 5.90. The number of hydrogen-bond acceptors (Lipinski definition) is 2. The Balaban J connectivity index is 1.83. The van der Waals surface area contributed by atoms with E-state index in [1.807, 2.05) is 12.1 Å². The van der Waals surface area contributed by atoms with Crippen LogP contribution in [-0.4, -0.2) is 12.5 Å². The second kappa shape index (κ2) is 5.85. The third-order valence-electron chi connectivity index (χ3n) is 3.48. The average Bonchev–Trinajstić information content (AvgIpc) is 2.50. The molecule has 0 saturated carbocycles. The zero-order valence-corrected chi connectivity index (χ0v) is 12.8. The molecule has 0 unspecified atom stereocenters. The van der Waals surface area contributed by atoms with Crippen molar-refractivity contribution in [3.05, 3.63) is 57.8 Å². The number of nitrogens with one attached hydrogen (secondary N) is 2. The maximum Gasteiger partial charge on any atom is 0.255 e. The van der Waals surface area contributed by atoms with Gasteiger partial charge in [-0.1, -0.05) is 15.9 Å². The smallest absolute Gasteiger partial charge is 0.255 e. The highest BCUT2D eigenvalue weighted by atomic mass is 79.9. The number of benzene rings is 2. The Hall–Kier alpha value is -1.88. The fourth-order valence-electron chi connectivity index (χ4n) is 2.40. The monoisotopic (exact) mass is 348 g/mol. The number of halogens is 2. The second-order valence-electron chi connectivity index (χ2n) is 4.98. The highest BCUT2D eigenvalue weighted by Gasteiger charge is 2.14. The molecule has 3 nitrogen and oxygen atoms in total. The van der Waals surface area contributed by atoms with Gasteiger partial charge in [-0.3, -0.25) is 4.79 Å². The molecule has 2 N–H and O–H groups in total. The van der Waals surface area contributed by atoms with Crippen molar-refractivity contribution in [3.63, 3.8) is 0 Å². The summed E-state index contributed by atoms with van der Waals surface area (Å²) in [6.45, 7) is 0.960. The molecule has 0 aliphatic carbocycles. The molecule has 0 spiro atoms. The molecule has 0 aromatic heterocycles. The van der Waals surface area contributed by atoms with Gasteiger partial charge in [0.2, 0.25) is 0 Å². The van der Waals surface area contributed by atoms with E-state index in [-0.39, 0.29) is 11.6 Å². The lowest BCUT2D eigenvalue weighted by Crippen LogP contribution is -2.16. The predicted molar refractivity (Wildman–Crippen MR) is 85.3 cm³/mol. The van der Waals surface area contributed by atoms with E-state index in [0.29, 0.717) is 10.0 Å². The number of carbonyl (C=O) groups is 1. The SMILES string of the molecule is O=C(Nc1cc(Br)ccc1F)c1ccc2c(c1)CCCN2. The molecule has 0 atom stereocenters. The molecule has 1 aliphatic heterocycles. The Morgan fingerprint density at radius 1 is 1.24 bits per heavy atom. The summed E-state index contributed by atoms with van der Waals surface area (Å²) in [6, 6.07) is 9.98. The van der Waals surface area contributed by atoms with Gasteiger partial charge in [0.15, 0.2) is 0 Å². The Labute approximate surface area is 130 Å². The van der Waals surface area contributed by atoms with E-state index >= 15 is 0 Å². The normalized spacial score (nSPS) is 13.2. The maximum atomic E-state index is 13.7. The molecule has 0 fully saturated rings. The minimum absolute atomic E-state index is 0.172. The summed E-state index contributed by atoms with van der Waals surface area (Å²) in [4.78, 5) is 12.2. The Kier molecular flexibility index (Phi) is 3.92. The van der Waals surface area contributed by atoms with Gasteiger partial charge >= 0.3 is 0 Å². The fraction of sp³-hybridized carbons (Fsp3) is 0.188. The molecular formula is C16H14BrFN2O. The van der Waals surface area contributed by atoms with Gasteiger partial charge in [0.1, 0.15) is 5.82 Å². The lowest BCUT2D eigenvalue weighted by atomic mass is 10.0. The lowest BCUT2D eigenvalue weighted by Gasteiger charge is -2.18. The van der Waals surface area contributed by atoms with Crippen LogP contribution in [0.5, 0.6) is 0 Å². The zero-order chi connectivity index (χ0) is 14.8. The van der Waals surface area contributed by atoms with Gasteiger partial charge in [-0.05, 0) is 54.8 Å². The lowest BCUT2D eigenvalue weighted by molar-refractivity contribution is 0.102. The molecule has 3 rings (SSSR count). The first kappa shape index (κ1) is 14.1. The Morgan fingerprint density at radius 2 is 2.10 bits per heavy atom. The van der Waals surface area contributed by atoms with Gasteiger partial charge in [-0.15, -0.1) is 0 Å². The van der Waals surface area contributed by atoms with E-state index in [0.717, 1.165) is 30.6 Å². The summed E-state index contributed by atoms with van der Waals surface area (Å²) in [7, 11) is 0. The quantitative estimate of drug-likeness (QED) is 0.853. The van der Waals surface area contributed by atoms with Crippen LogP contribution in [0.4, 0.5) is 15.8 Å². The maximum absolute atomic E-state index is 13.7. The number of rotatable bonds is 2. The van der Waals surface area contributed by atoms with Crippen molar-refractivity contribution >= 4 is 33.2 Å². The van der Waals surface area contributed by atoms with Crippen LogP contribution in [-0.2, 0) is 6.42 Å². The summed E-state index contributed by atoms with van der Waals surface area (Å²) >= 11 is 3.27. The standard InChI is InChI=1S/C16H14BrFN2O/c17-12-4-5-13(18)15(9-12)20-16(21)11-3-6-14-10(8-11)2-1-7-19-14/h3-6,8-9,19H,1-2,7H2,(H,20,21). The zero-order valence-electron chi connectivity index (χ0n) is 11.2. The molecule has 1 amide bonds. The van der Waals surface area contributed by atoms with Gasteiger partial charge < -0.3 is 10.6 Å². The molecule has 21 heavy (non-hydrogen) atoms. The van der Waals surface area contributed by atoms with E-state index in [9.17, 15) is 9.18 Å². The van der Waals surface area contributed by atoms with Crippen LogP contribution in [0.15, 0.2) is 40.9 Å². The van der Waals surface area contributed by atoms with Crippen molar-refractivity contribution in [2.75, 3.05) is 17.2 Å². The molecular weight excluding hydrogens is 335 g/mol. The number of anilines is 2. The molecule has 1 heterocycles. The first-order valence-corrected chi connectivity index (χ1v) is 7.56. The van der Waals surface area contributed by atoms with Gasteiger partial charge in [0.05, 0.1) is 5.69 Å². The van der Waals surface area contributed by atoms with Crippen molar-refractivity contribution in [2.45, 2.75) is 12.8 Å². The van der Waals surface area contributed by atoms with Crippen LogP contribution >= 0.6 is 15.9 Å². The third kappa shape index (κ3) is 3.08. The number of hydrogen-bond donors (Lipinski definition) is 2. The average molecular weight is 349 g/mol. The van der Waals surface area contributed by atoms with Crippen LogP contribution in [0.25, 0.3) is 0 Å². The van der Waals surface area contributed by atoms with Crippen LogP contribution in [0, 0.1) is 5.82 Å². The summed E-state index contributed by atoms with van der Waals surface area (Å²) in [6.07, 6.45) is 2.01. The minimum atomic E-state index is -0.453. The van der Waals surface area contributed by atoms with Crippen LogP contribution in [0.2, 0.25) is 0 Å². The first-order chi connectivity index (χ1) is 10.1. The molecule has 2 aromatic carbocycles. The van der Waals surface area contributed by atoms with Gasteiger partial charge in [-0.25, -0.2) is 4.39 Å². The minimum Gasteiger partial charge on any atom is -0.385 e. The predicted octanol–water partition coefficient (Wildman–Crippen LogP) is 4.20. The number of fused-ring (bicyclic) bond motifs is 1. The summed E-state index contributed by atoms with van der Waals surface area (Å²) in [5, 5.41) is 5.91. The fourth-order valence-corrected chi connectivity index (χ4v) is 2.77. The van der Waals surface area contributed by atoms with Gasteiger partial charge in [-0.2, -0.15) is 0 Å². The topological polar surface area (TPSA) is 41.1 Å². The summed E-state index contributed by atoms with van der Waals surface area (Å²) in [5.41, 5.74) is 2.91. The largest absolute Gasteiger partial charge is 0.385 e.